The van der Waals surface area contributed by atoms with E-state index >= 15 is 0 Å². The molecule has 1 aliphatic rings. The van der Waals surface area contributed by atoms with Gasteiger partial charge in [-0.25, -0.2) is 14.5 Å². The van der Waals surface area contributed by atoms with E-state index in [1.165, 1.54) is 0 Å². The fourth-order valence-electron chi connectivity index (χ4n) is 5.51. The highest BCUT2D eigenvalue weighted by Gasteiger charge is 2.22. The SMILES string of the molecule is NC1CCC(Nc2cc(Nc3ccccc3)c3ncc(C(=O)Nc4cccc(-c5coc(-c6ccccc6)n5)c4)n3n2)CC1. The van der Waals surface area contributed by atoms with Crippen molar-refractivity contribution in [1.29, 1.82) is 0 Å². The number of carbonyl (C=O) groups excluding carboxylic acids is 1. The zero-order valence-corrected chi connectivity index (χ0v) is 24.0. The summed E-state index contributed by atoms with van der Waals surface area (Å²) in [5.74, 6) is 0.858. The molecule has 10 heteroatoms. The van der Waals surface area contributed by atoms with Crippen molar-refractivity contribution in [3.05, 3.63) is 109 Å². The zero-order chi connectivity index (χ0) is 29.9. The van der Waals surface area contributed by atoms with Crippen LogP contribution < -0.4 is 21.7 Å². The van der Waals surface area contributed by atoms with Gasteiger partial charge in [-0.2, -0.15) is 0 Å². The number of hydrogen-bond donors (Lipinski definition) is 4. The molecule has 5 N–H and O–H groups in total. The number of rotatable bonds is 8. The number of benzene rings is 3. The Morgan fingerprint density at radius 1 is 0.864 bits per heavy atom. The van der Waals surface area contributed by atoms with Crippen LogP contribution in [0.2, 0.25) is 0 Å². The summed E-state index contributed by atoms with van der Waals surface area (Å²) >= 11 is 0. The molecule has 1 amide bonds. The average Bonchev–Trinajstić information content (AvgIpc) is 3.72. The molecule has 0 bridgehead atoms. The second kappa shape index (κ2) is 12.0. The van der Waals surface area contributed by atoms with E-state index in [4.69, 9.17) is 15.2 Å². The smallest absolute Gasteiger partial charge is 0.276 e. The van der Waals surface area contributed by atoms with Crippen LogP contribution in [0.25, 0.3) is 28.4 Å². The van der Waals surface area contributed by atoms with E-state index in [9.17, 15) is 4.79 Å². The quantitative estimate of drug-likeness (QED) is 0.155. The first-order chi connectivity index (χ1) is 21.6. The lowest BCUT2D eigenvalue weighted by Crippen LogP contribution is -2.33. The van der Waals surface area contributed by atoms with Crippen LogP contribution in [0.4, 0.5) is 22.9 Å². The normalized spacial score (nSPS) is 16.5. The van der Waals surface area contributed by atoms with Gasteiger partial charge in [-0.15, -0.1) is 5.10 Å². The van der Waals surface area contributed by atoms with Crippen LogP contribution in [-0.4, -0.2) is 37.6 Å². The summed E-state index contributed by atoms with van der Waals surface area (Å²) in [6.07, 6.45) is 7.03. The van der Waals surface area contributed by atoms with Gasteiger partial charge in [-0.1, -0.05) is 48.5 Å². The number of anilines is 4. The number of fused-ring (bicyclic) bond motifs is 1. The lowest BCUT2D eigenvalue weighted by atomic mass is 9.92. The van der Waals surface area contributed by atoms with Gasteiger partial charge in [0.2, 0.25) is 5.89 Å². The fraction of sp³-hybridized carbons (Fsp3) is 0.176. The van der Waals surface area contributed by atoms with Gasteiger partial charge in [-0.05, 0) is 62.1 Å². The maximum atomic E-state index is 13.6. The lowest BCUT2D eigenvalue weighted by Gasteiger charge is -2.27. The van der Waals surface area contributed by atoms with Gasteiger partial charge in [-0.3, -0.25) is 4.79 Å². The van der Waals surface area contributed by atoms with Crippen LogP contribution in [0.15, 0.2) is 108 Å². The Morgan fingerprint density at radius 2 is 1.59 bits per heavy atom. The van der Waals surface area contributed by atoms with Crippen molar-refractivity contribution >= 4 is 34.4 Å². The third-order valence-electron chi connectivity index (χ3n) is 7.82. The first-order valence-electron chi connectivity index (χ1n) is 14.7. The van der Waals surface area contributed by atoms with E-state index in [1.807, 2.05) is 91.0 Å². The van der Waals surface area contributed by atoms with E-state index < -0.39 is 0 Å². The largest absolute Gasteiger partial charge is 0.444 e. The molecule has 1 saturated carbocycles. The Bertz CT molecular complexity index is 1890. The molecule has 0 unspecified atom stereocenters. The molecule has 44 heavy (non-hydrogen) atoms. The Balaban J connectivity index is 1.16. The molecule has 7 rings (SSSR count). The van der Waals surface area contributed by atoms with Crippen LogP contribution in [0.3, 0.4) is 0 Å². The Kier molecular flexibility index (Phi) is 7.47. The minimum atomic E-state index is -0.335. The highest BCUT2D eigenvalue weighted by molar-refractivity contribution is 6.04. The van der Waals surface area contributed by atoms with Gasteiger partial charge >= 0.3 is 0 Å². The number of nitrogens with one attached hydrogen (secondary N) is 3. The van der Waals surface area contributed by atoms with Gasteiger partial charge in [0.1, 0.15) is 17.8 Å². The van der Waals surface area contributed by atoms with Gasteiger partial charge in [0.15, 0.2) is 11.3 Å². The molecule has 3 aromatic carbocycles. The number of hydrogen-bond acceptors (Lipinski definition) is 8. The third kappa shape index (κ3) is 5.88. The second-order valence-electron chi connectivity index (χ2n) is 11.0. The summed E-state index contributed by atoms with van der Waals surface area (Å²) < 4.78 is 7.31. The molecule has 1 aliphatic carbocycles. The molecular formula is C34H32N8O2. The van der Waals surface area contributed by atoms with Gasteiger partial charge in [0, 0.05) is 40.7 Å². The predicted octanol–water partition coefficient (Wildman–Crippen LogP) is 6.73. The van der Waals surface area contributed by atoms with Gasteiger partial charge in [0.05, 0.1) is 11.9 Å². The fourth-order valence-corrected chi connectivity index (χ4v) is 5.51. The molecular weight excluding hydrogens is 552 g/mol. The number of nitrogens with zero attached hydrogens (tertiary/aromatic N) is 4. The molecule has 220 valence electrons. The van der Waals surface area contributed by atoms with Crippen LogP contribution in [0, 0.1) is 0 Å². The Hall–Kier alpha value is -5.48. The summed E-state index contributed by atoms with van der Waals surface area (Å²) in [6.45, 7) is 0. The van der Waals surface area contributed by atoms with Crippen molar-refractivity contribution in [2.45, 2.75) is 37.8 Å². The summed E-state index contributed by atoms with van der Waals surface area (Å²) in [5.41, 5.74) is 11.6. The number of para-hydroxylation sites is 1. The monoisotopic (exact) mass is 584 g/mol. The number of imidazole rings is 1. The van der Waals surface area contributed by atoms with E-state index in [-0.39, 0.29) is 18.0 Å². The van der Waals surface area contributed by atoms with Crippen LogP contribution in [0.1, 0.15) is 36.2 Å². The van der Waals surface area contributed by atoms with Gasteiger partial charge < -0.3 is 26.1 Å². The predicted molar refractivity (Wildman–Crippen MR) is 172 cm³/mol. The number of oxazole rings is 1. The standard InChI is InChI=1S/C34H32N8O2/c35-24-14-16-26(17-15-24)38-31-19-28(37-25-11-5-2-6-12-25)32-36-20-30(42(32)41-31)33(43)39-27-13-7-10-23(18-27)29-21-44-34(40-29)22-8-3-1-4-9-22/h1-13,18-21,24,26,37H,14-17,35H2,(H,38,41)(H,39,43). The van der Waals surface area contributed by atoms with E-state index in [1.54, 1.807) is 17.0 Å². The van der Waals surface area contributed by atoms with Crippen LogP contribution >= 0.6 is 0 Å². The molecule has 0 radical (unpaired) electrons. The second-order valence-corrected chi connectivity index (χ2v) is 11.0. The van der Waals surface area contributed by atoms with E-state index in [2.05, 4.69) is 25.9 Å². The Morgan fingerprint density at radius 3 is 2.39 bits per heavy atom. The van der Waals surface area contributed by atoms with Crippen molar-refractivity contribution in [2.24, 2.45) is 5.73 Å². The molecule has 3 aromatic heterocycles. The number of aromatic nitrogens is 4. The van der Waals surface area contributed by atoms with Crippen molar-refractivity contribution in [3.8, 4) is 22.7 Å². The average molecular weight is 585 g/mol. The van der Waals surface area contributed by atoms with Crippen molar-refractivity contribution in [3.63, 3.8) is 0 Å². The molecule has 0 aliphatic heterocycles. The molecule has 3 heterocycles. The highest BCUT2D eigenvalue weighted by atomic mass is 16.3. The molecule has 6 aromatic rings. The molecule has 10 nitrogen and oxygen atoms in total. The molecule has 1 fully saturated rings. The highest BCUT2D eigenvalue weighted by Crippen LogP contribution is 2.29. The molecule has 0 atom stereocenters. The van der Waals surface area contributed by atoms with Gasteiger partial charge in [0.25, 0.3) is 5.91 Å². The van der Waals surface area contributed by atoms with Crippen LogP contribution in [0.5, 0.6) is 0 Å². The Labute approximate surface area is 254 Å². The summed E-state index contributed by atoms with van der Waals surface area (Å²) in [6, 6.07) is 29.5. The van der Waals surface area contributed by atoms with E-state index in [0.717, 1.165) is 48.2 Å². The first-order valence-corrected chi connectivity index (χ1v) is 14.7. The number of amides is 1. The molecule has 0 saturated heterocycles. The minimum Gasteiger partial charge on any atom is -0.444 e. The van der Waals surface area contributed by atoms with E-state index in [0.29, 0.717) is 34.4 Å². The third-order valence-corrected chi connectivity index (χ3v) is 7.82. The number of carbonyl (C=O) groups is 1. The molecule has 0 spiro atoms. The van der Waals surface area contributed by atoms with Crippen molar-refractivity contribution in [1.82, 2.24) is 19.6 Å². The maximum absolute atomic E-state index is 13.6. The lowest BCUT2D eigenvalue weighted by molar-refractivity contribution is 0.102. The summed E-state index contributed by atoms with van der Waals surface area (Å²) in [4.78, 5) is 22.9. The maximum Gasteiger partial charge on any atom is 0.276 e. The van der Waals surface area contributed by atoms with Crippen molar-refractivity contribution in [2.75, 3.05) is 16.0 Å². The summed E-state index contributed by atoms with van der Waals surface area (Å²) in [7, 11) is 0. The van der Waals surface area contributed by atoms with Crippen LogP contribution in [-0.2, 0) is 0 Å². The zero-order valence-electron chi connectivity index (χ0n) is 24.0. The minimum absolute atomic E-state index is 0.247. The summed E-state index contributed by atoms with van der Waals surface area (Å²) in [5, 5.41) is 14.8. The topological polar surface area (TPSA) is 135 Å². The first kappa shape index (κ1) is 27.4. The van der Waals surface area contributed by atoms with Crippen molar-refractivity contribution < 1.29 is 9.21 Å². The number of nitrogens with two attached hydrogens (primary N) is 1.